The molecule has 0 aromatic heterocycles. The molecule has 1 aliphatic heterocycles. The van der Waals surface area contributed by atoms with Gasteiger partial charge >= 0.3 is 0 Å². The highest BCUT2D eigenvalue weighted by atomic mass is 16.5. The van der Waals surface area contributed by atoms with E-state index in [2.05, 4.69) is 60.3 Å². The summed E-state index contributed by atoms with van der Waals surface area (Å²) in [7, 11) is 0. The van der Waals surface area contributed by atoms with Gasteiger partial charge in [-0.3, -0.25) is 4.90 Å². The van der Waals surface area contributed by atoms with Gasteiger partial charge in [-0.2, -0.15) is 0 Å². The lowest BCUT2D eigenvalue weighted by Crippen LogP contribution is -2.65. The number of hydrogen-bond acceptors (Lipinski definition) is 3. The van der Waals surface area contributed by atoms with Crippen molar-refractivity contribution in [1.82, 2.24) is 4.90 Å². The summed E-state index contributed by atoms with van der Waals surface area (Å²) >= 11 is 0. The molecule has 3 heteroatoms. The molecule has 3 nitrogen and oxygen atoms in total. The largest absolute Gasteiger partial charge is 0.368 e. The van der Waals surface area contributed by atoms with Gasteiger partial charge in [-0.05, 0) is 53.9 Å². The fourth-order valence-electron chi connectivity index (χ4n) is 3.89. The SMILES string of the molecule is CC(C)CN(C(C)C)C1(CN)CC(C)(C)OC1(C)C. The molecule has 1 atom stereocenters. The van der Waals surface area contributed by atoms with Crippen molar-refractivity contribution in [1.29, 1.82) is 0 Å². The van der Waals surface area contributed by atoms with Gasteiger partial charge in [-0.1, -0.05) is 13.8 Å². The molecule has 19 heavy (non-hydrogen) atoms. The van der Waals surface area contributed by atoms with Crippen LogP contribution in [0.3, 0.4) is 0 Å². The Morgan fingerprint density at radius 1 is 1.11 bits per heavy atom. The Morgan fingerprint density at radius 3 is 1.89 bits per heavy atom. The van der Waals surface area contributed by atoms with E-state index in [1.165, 1.54) is 0 Å². The molecule has 1 fully saturated rings. The maximum Gasteiger partial charge on any atom is 0.0830 e. The summed E-state index contributed by atoms with van der Waals surface area (Å²) in [6.07, 6.45) is 0.994. The van der Waals surface area contributed by atoms with Crippen LogP contribution in [0.5, 0.6) is 0 Å². The molecular formula is C16H34N2O. The molecule has 0 radical (unpaired) electrons. The summed E-state index contributed by atoms with van der Waals surface area (Å²) < 4.78 is 6.33. The minimum atomic E-state index is -0.218. The molecule has 1 rings (SSSR count). The van der Waals surface area contributed by atoms with Gasteiger partial charge in [0.05, 0.1) is 16.7 Å². The molecule has 1 aliphatic rings. The number of ether oxygens (including phenoxy) is 1. The predicted molar refractivity (Wildman–Crippen MR) is 82.3 cm³/mol. The summed E-state index contributed by atoms with van der Waals surface area (Å²) in [5, 5.41) is 0. The van der Waals surface area contributed by atoms with Crippen LogP contribution in [0.4, 0.5) is 0 Å². The van der Waals surface area contributed by atoms with Crippen LogP contribution in [0.25, 0.3) is 0 Å². The molecule has 1 saturated heterocycles. The van der Waals surface area contributed by atoms with Gasteiger partial charge in [0, 0.05) is 19.1 Å². The smallest absolute Gasteiger partial charge is 0.0830 e. The Kier molecular flexibility index (Phi) is 4.76. The second kappa shape index (κ2) is 5.34. The number of hydrogen-bond donors (Lipinski definition) is 1. The average molecular weight is 270 g/mol. The minimum absolute atomic E-state index is 0.0745. The van der Waals surface area contributed by atoms with E-state index in [1.807, 2.05) is 0 Å². The van der Waals surface area contributed by atoms with Crippen molar-refractivity contribution < 1.29 is 4.74 Å². The Bertz CT molecular complexity index is 310. The van der Waals surface area contributed by atoms with Gasteiger partial charge in [-0.25, -0.2) is 0 Å². The zero-order chi connectivity index (χ0) is 15.1. The highest BCUT2D eigenvalue weighted by molar-refractivity contribution is 5.13. The third kappa shape index (κ3) is 3.14. The zero-order valence-electron chi connectivity index (χ0n) is 14.2. The first-order valence-electron chi connectivity index (χ1n) is 7.64. The molecule has 0 saturated carbocycles. The molecule has 0 amide bonds. The summed E-state index contributed by atoms with van der Waals surface area (Å²) in [5.74, 6) is 0.630. The van der Waals surface area contributed by atoms with Crippen molar-refractivity contribution in [3.05, 3.63) is 0 Å². The number of nitrogens with two attached hydrogens (primary N) is 1. The summed E-state index contributed by atoms with van der Waals surface area (Å²) in [5.41, 5.74) is 5.86. The van der Waals surface area contributed by atoms with Crippen LogP contribution in [0.2, 0.25) is 0 Å². The fraction of sp³-hybridized carbons (Fsp3) is 1.00. The third-order valence-corrected chi connectivity index (χ3v) is 4.44. The van der Waals surface area contributed by atoms with E-state index in [0.29, 0.717) is 18.5 Å². The van der Waals surface area contributed by atoms with Crippen LogP contribution in [-0.2, 0) is 4.74 Å². The first kappa shape index (κ1) is 16.9. The molecule has 1 unspecified atom stereocenters. The summed E-state index contributed by atoms with van der Waals surface area (Å²) in [6.45, 7) is 19.5. The second-order valence-corrected chi connectivity index (χ2v) is 7.92. The van der Waals surface area contributed by atoms with Gasteiger partial charge in [0.2, 0.25) is 0 Å². The summed E-state index contributed by atoms with van der Waals surface area (Å²) in [6, 6.07) is 0.475. The second-order valence-electron chi connectivity index (χ2n) is 7.92. The van der Waals surface area contributed by atoms with Crippen LogP contribution in [0.1, 0.15) is 61.8 Å². The van der Waals surface area contributed by atoms with Crippen molar-refractivity contribution in [2.45, 2.75) is 84.6 Å². The van der Waals surface area contributed by atoms with Crippen LogP contribution >= 0.6 is 0 Å². The van der Waals surface area contributed by atoms with E-state index in [4.69, 9.17) is 10.5 Å². The van der Waals surface area contributed by atoms with E-state index >= 15 is 0 Å². The van der Waals surface area contributed by atoms with E-state index < -0.39 is 0 Å². The maximum atomic E-state index is 6.33. The van der Waals surface area contributed by atoms with Crippen LogP contribution in [0.15, 0.2) is 0 Å². The molecule has 0 bridgehead atoms. The highest BCUT2D eigenvalue weighted by Crippen LogP contribution is 2.48. The lowest BCUT2D eigenvalue weighted by molar-refractivity contribution is -0.111. The molecular weight excluding hydrogens is 236 g/mol. The zero-order valence-corrected chi connectivity index (χ0v) is 14.2. The summed E-state index contributed by atoms with van der Waals surface area (Å²) in [4.78, 5) is 2.58. The number of nitrogens with zero attached hydrogens (tertiary/aromatic N) is 1. The van der Waals surface area contributed by atoms with Crippen molar-refractivity contribution in [2.24, 2.45) is 11.7 Å². The molecule has 0 spiro atoms. The first-order valence-corrected chi connectivity index (χ1v) is 7.64. The Balaban J connectivity index is 3.20. The Morgan fingerprint density at radius 2 is 1.63 bits per heavy atom. The minimum Gasteiger partial charge on any atom is -0.368 e. The van der Waals surface area contributed by atoms with Crippen LogP contribution in [-0.4, -0.2) is 40.8 Å². The topological polar surface area (TPSA) is 38.5 Å². The monoisotopic (exact) mass is 270 g/mol. The molecule has 2 N–H and O–H groups in total. The quantitative estimate of drug-likeness (QED) is 0.834. The average Bonchev–Trinajstić information content (AvgIpc) is 2.39. The van der Waals surface area contributed by atoms with Gasteiger partial charge in [0.25, 0.3) is 0 Å². The van der Waals surface area contributed by atoms with E-state index in [-0.39, 0.29) is 16.7 Å². The first-order chi connectivity index (χ1) is 8.47. The van der Waals surface area contributed by atoms with E-state index in [0.717, 1.165) is 13.0 Å². The van der Waals surface area contributed by atoms with E-state index in [9.17, 15) is 0 Å². The maximum absolute atomic E-state index is 6.33. The van der Waals surface area contributed by atoms with Gasteiger partial charge in [-0.15, -0.1) is 0 Å². The lowest BCUT2D eigenvalue weighted by atomic mass is 9.76. The molecule has 0 aromatic carbocycles. The van der Waals surface area contributed by atoms with Crippen molar-refractivity contribution >= 4 is 0 Å². The van der Waals surface area contributed by atoms with E-state index in [1.54, 1.807) is 0 Å². The highest BCUT2D eigenvalue weighted by Gasteiger charge is 2.59. The van der Waals surface area contributed by atoms with Crippen molar-refractivity contribution in [2.75, 3.05) is 13.1 Å². The number of rotatable bonds is 5. The Hall–Kier alpha value is -0.120. The predicted octanol–water partition coefficient (Wildman–Crippen LogP) is 3.03. The van der Waals surface area contributed by atoms with Gasteiger partial charge in [0.1, 0.15) is 0 Å². The van der Waals surface area contributed by atoms with Crippen LogP contribution < -0.4 is 5.73 Å². The fourth-order valence-corrected chi connectivity index (χ4v) is 3.89. The van der Waals surface area contributed by atoms with Gasteiger partial charge in [0.15, 0.2) is 0 Å². The Labute approximate surface area is 119 Å². The standard InChI is InChI=1S/C16H34N2O/c1-12(2)9-18(13(3)4)16(11-17)10-14(5,6)19-15(16,7)8/h12-13H,9-11,17H2,1-8H3. The molecule has 0 aliphatic carbocycles. The van der Waals surface area contributed by atoms with Crippen molar-refractivity contribution in [3.63, 3.8) is 0 Å². The lowest BCUT2D eigenvalue weighted by Gasteiger charge is -2.50. The third-order valence-electron chi connectivity index (χ3n) is 4.44. The molecule has 1 heterocycles. The van der Waals surface area contributed by atoms with Crippen LogP contribution in [0, 0.1) is 5.92 Å². The molecule has 114 valence electrons. The van der Waals surface area contributed by atoms with Gasteiger partial charge < -0.3 is 10.5 Å². The normalized spacial score (nSPS) is 29.7. The van der Waals surface area contributed by atoms with Crippen molar-refractivity contribution in [3.8, 4) is 0 Å². The molecule has 0 aromatic rings.